The first-order valence-corrected chi connectivity index (χ1v) is 9.13. The average Bonchev–Trinajstić information content (AvgIpc) is 2.83. The molecule has 1 aromatic heterocycles. The van der Waals surface area contributed by atoms with Crippen molar-refractivity contribution >= 4 is 39.3 Å². The van der Waals surface area contributed by atoms with Gasteiger partial charge in [0.15, 0.2) is 5.78 Å². The first-order valence-electron chi connectivity index (χ1n) is 7.27. The molecule has 0 atom stereocenters. The van der Waals surface area contributed by atoms with E-state index in [1.165, 1.54) is 38.1 Å². The fourth-order valence-electron chi connectivity index (χ4n) is 2.23. The van der Waals surface area contributed by atoms with Crippen molar-refractivity contribution in [1.82, 2.24) is 0 Å². The molecule has 1 aromatic carbocycles. The van der Waals surface area contributed by atoms with Gasteiger partial charge >= 0.3 is 5.97 Å². The number of halogens is 1. The van der Waals surface area contributed by atoms with Crippen molar-refractivity contribution in [1.29, 1.82) is 0 Å². The number of aryl methyl sites for hydroxylation is 1. The molecule has 1 N–H and O–H groups in total. The lowest BCUT2D eigenvalue weighted by molar-refractivity contribution is 0.0524. The van der Waals surface area contributed by atoms with E-state index in [0.717, 1.165) is 0 Å². The highest BCUT2D eigenvalue weighted by molar-refractivity contribution is 7.92. The predicted molar refractivity (Wildman–Crippen MR) is 91.7 cm³/mol. The Morgan fingerprint density at radius 3 is 2.32 bits per heavy atom. The smallest absolute Gasteiger partial charge is 0.344 e. The van der Waals surface area contributed by atoms with Gasteiger partial charge in [0, 0.05) is 5.02 Å². The van der Waals surface area contributed by atoms with E-state index in [-0.39, 0.29) is 34.3 Å². The molecule has 7 nitrogen and oxygen atoms in total. The van der Waals surface area contributed by atoms with E-state index in [1.54, 1.807) is 6.92 Å². The number of hydrogen-bond acceptors (Lipinski definition) is 6. The monoisotopic (exact) mass is 385 g/mol. The third-order valence-electron chi connectivity index (χ3n) is 3.27. The molecule has 9 heteroatoms. The Labute approximate surface area is 150 Å². The molecule has 134 valence electrons. The average molecular weight is 386 g/mol. The van der Waals surface area contributed by atoms with Crippen molar-refractivity contribution in [2.24, 2.45) is 0 Å². The fourth-order valence-corrected chi connectivity index (χ4v) is 3.36. The minimum atomic E-state index is -4.05. The fraction of sp³-hybridized carbons (Fsp3) is 0.250. The molecular formula is C16H16ClNO6S. The lowest BCUT2D eigenvalue weighted by Gasteiger charge is -2.08. The highest BCUT2D eigenvalue weighted by atomic mass is 35.5. The summed E-state index contributed by atoms with van der Waals surface area (Å²) in [5.41, 5.74) is -0.267. The van der Waals surface area contributed by atoms with Crippen molar-refractivity contribution < 1.29 is 27.2 Å². The number of anilines is 1. The van der Waals surface area contributed by atoms with Crippen LogP contribution in [0.5, 0.6) is 0 Å². The number of ketones is 1. The topological polar surface area (TPSA) is 103 Å². The molecule has 0 unspecified atom stereocenters. The van der Waals surface area contributed by atoms with Crippen molar-refractivity contribution in [3.05, 3.63) is 46.2 Å². The van der Waals surface area contributed by atoms with Crippen molar-refractivity contribution in [3.8, 4) is 0 Å². The van der Waals surface area contributed by atoms with E-state index in [9.17, 15) is 18.0 Å². The lowest BCUT2D eigenvalue weighted by Crippen LogP contribution is -2.16. The van der Waals surface area contributed by atoms with Crippen LogP contribution in [0.2, 0.25) is 5.02 Å². The summed E-state index contributed by atoms with van der Waals surface area (Å²) in [6.45, 7) is 4.36. The van der Waals surface area contributed by atoms with Crippen LogP contribution in [0, 0.1) is 6.92 Å². The minimum absolute atomic E-state index is 0.0211. The number of sulfonamides is 1. The highest BCUT2D eigenvalue weighted by Gasteiger charge is 2.30. The number of carbonyl (C=O) groups excluding carboxylic acids is 2. The van der Waals surface area contributed by atoms with Gasteiger partial charge in [0.25, 0.3) is 10.0 Å². The van der Waals surface area contributed by atoms with E-state index < -0.39 is 21.8 Å². The Kier molecular flexibility index (Phi) is 5.54. The Morgan fingerprint density at radius 1 is 1.20 bits per heavy atom. The summed E-state index contributed by atoms with van der Waals surface area (Å²) in [5, 5.41) is 0.374. The van der Waals surface area contributed by atoms with Gasteiger partial charge in [-0.2, -0.15) is 0 Å². The summed E-state index contributed by atoms with van der Waals surface area (Å²) in [6.07, 6.45) is 0. The second-order valence-electron chi connectivity index (χ2n) is 5.07. The molecule has 0 amide bonds. The lowest BCUT2D eigenvalue weighted by atomic mass is 10.1. The van der Waals surface area contributed by atoms with Crippen molar-refractivity contribution in [2.45, 2.75) is 25.7 Å². The second kappa shape index (κ2) is 7.28. The van der Waals surface area contributed by atoms with Crippen LogP contribution in [0.4, 0.5) is 5.88 Å². The van der Waals surface area contributed by atoms with Gasteiger partial charge < -0.3 is 9.15 Å². The maximum absolute atomic E-state index is 12.5. The number of rotatable bonds is 6. The second-order valence-corrected chi connectivity index (χ2v) is 7.19. The van der Waals surface area contributed by atoms with Gasteiger partial charge in [-0.3, -0.25) is 4.79 Å². The quantitative estimate of drug-likeness (QED) is 0.603. The van der Waals surface area contributed by atoms with Crippen LogP contribution < -0.4 is 4.72 Å². The van der Waals surface area contributed by atoms with E-state index in [4.69, 9.17) is 20.8 Å². The summed E-state index contributed by atoms with van der Waals surface area (Å²) < 4.78 is 37.4. The van der Waals surface area contributed by atoms with Gasteiger partial charge in [0.05, 0.1) is 17.1 Å². The van der Waals surface area contributed by atoms with Crippen LogP contribution in [-0.4, -0.2) is 26.8 Å². The van der Waals surface area contributed by atoms with E-state index in [1.807, 2.05) is 0 Å². The summed E-state index contributed by atoms with van der Waals surface area (Å²) >= 11 is 5.75. The molecule has 2 rings (SSSR count). The Balaban J connectivity index is 2.52. The van der Waals surface area contributed by atoms with Gasteiger partial charge in [-0.15, -0.1) is 0 Å². The first-order chi connectivity index (χ1) is 11.7. The number of ether oxygens (including phenoxy) is 1. The standard InChI is InChI=1S/C16H16ClNO6S/c1-4-23-16(20)14-13(9(2)19)10(3)24-15(14)18-25(21,22)12-7-5-11(17)6-8-12/h5-8,18H,4H2,1-3H3. The maximum Gasteiger partial charge on any atom is 0.344 e. The van der Waals surface area contributed by atoms with Crippen molar-refractivity contribution in [3.63, 3.8) is 0 Å². The summed E-state index contributed by atoms with van der Waals surface area (Å²) in [5.74, 6) is -1.54. The van der Waals surface area contributed by atoms with E-state index in [0.29, 0.717) is 5.02 Å². The predicted octanol–water partition coefficient (Wildman–Crippen LogP) is 3.42. The third kappa shape index (κ3) is 4.02. The first kappa shape index (κ1) is 19.0. The largest absolute Gasteiger partial charge is 0.462 e. The molecule has 0 radical (unpaired) electrons. The minimum Gasteiger partial charge on any atom is -0.462 e. The van der Waals surface area contributed by atoms with Crippen LogP contribution in [0.25, 0.3) is 0 Å². The molecule has 1 heterocycles. The molecule has 2 aromatic rings. The van der Waals surface area contributed by atoms with Gasteiger partial charge in [0.1, 0.15) is 11.3 Å². The molecule has 0 spiro atoms. The summed E-state index contributed by atoms with van der Waals surface area (Å²) in [6, 6.07) is 5.43. The molecule has 0 aliphatic rings. The molecule has 25 heavy (non-hydrogen) atoms. The van der Waals surface area contributed by atoms with Crippen LogP contribution in [0.15, 0.2) is 33.6 Å². The number of esters is 1. The molecule has 0 saturated carbocycles. The third-order valence-corrected chi connectivity index (χ3v) is 4.87. The Hall–Kier alpha value is -2.32. The SMILES string of the molecule is CCOC(=O)c1c(NS(=O)(=O)c2ccc(Cl)cc2)oc(C)c1C(C)=O. The zero-order valence-electron chi connectivity index (χ0n) is 13.8. The number of carbonyl (C=O) groups is 2. The molecular weight excluding hydrogens is 370 g/mol. The van der Waals surface area contributed by atoms with Crippen molar-refractivity contribution in [2.75, 3.05) is 11.3 Å². The number of Topliss-reactive ketones (excluding diaryl/α,β-unsaturated/α-hetero) is 1. The number of benzene rings is 1. The maximum atomic E-state index is 12.5. The summed E-state index contributed by atoms with van der Waals surface area (Å²) in [7, 11) is -4.05. The molecule has 0 bridgehead atoms. The molecule has 0 aliphatic heterocycles. The number of nitrogens with one attached hydrogen (secondary N) is 1. The molecule has 0 aliphatic carbocycles. The summed E-state index contributed by atoms with van der Waals surface area (Å²) in [4.78, 5) is 23.9. The molecule has 0 saturated heterocycles. The van der Waals surface area contributed by atoms with Crippen LogP contribution >= 0.6 is 11.6 Å². The van der Waals surface area contributed by atoms with E-state index >= 15 is 0 Å². The highest BCUT2D eigenvalue weighted by Crippen LogP contribution is 2.30. The van der Waals surface area contributed by atoms with Crippen LogP contribution in [0.3, 0.4) is 0 Å². The number of furan rings is 1. The zero-order chi connectivity index (χ0) is 18.8. The Bertz CT molecular complexity index is 915. The zero-order valence-corrected chi connectivity index (χ0v) is 15.3. The van der Waals surface area contributed by atoms with Gasteiger partial charge in [-0.1, -0.05) is 11.6 Å². The van der Waals surface area contributed by atoms with Gasteiger partial charge in [-0.05, 0) is 45.0 Å². The van der Waals surface area contributed by atoms with Crippen LogP contribution in [0.1, 0.15) is 40.3 Å². The van der Waals surface area contributed by atoms with Gasteiger partial charge in [-0.25, -0.2) is 17.9 Å². The molecule has 0 fully saturated rings. The Morgan fingerprint density at radius 2 is 1.80 bits per heavy atom. The number of hydrogen-bond donors (Lipinski definition) is 1. The van der Waals surface area contributed by atoms with Crippen LogP contribution in [-0.2, 0) is 14.8 Å². The normalized spacial score (nSPS) is 11.2. The van der Waals surface area contributed by atoms with Gasteiger partial charge in [0.2, 0.25) is 5.88 Å². The van der Waals surface area contributed by atoms with E-state index in [2.05, 4.69) is 4.72 Å².